The molecule has 0 aromatic heterocycles. The Morgan fingerprint density at radius 3 is 2.52 bits per heavy atom. The van der Waals surface area contributed by atoms with Crippen LogP contribution >= 0.6 is 23.2 Å². The van der Waals surface area contributed by atoms with Crippen LogP contribution in [0.1, 0.15) is 23.2 Å². The standard InChI is InChI=1S/C21H21Cl2FN2O3/c1-28-12-29-20-17(22)3-2-4-19(20)26-14-6-7-15(26)11-25(10-14)21(27)16-8-5-13(24)9-18(16)23/h2-5,8-9,14-15H,6-7,10-12H2,1H3. The van der Waals surface area contributed by atoms with Gasteiger partial charge in [-0.2, -0.15) is 0 Å². The van der Waals surface area contributed by atoms with E-state index in [1.807, 2.05) is 12.1 Å². The highest BCUT2D eigenvalue weighted by atomic mass is 35.5. The third-order valence-corrected chi connectivity index (χ3v) is 6.09. The lowest BCUT2D eigenvalue weighted by Crippen LogP contribution is -2.55. The Morgan fingerprint density at radius 1 is 1.14 bits per heavy atom. The molecule has 0 aliphatic carbocycles. The minimum atomic E-state index is -0.457. The SMILES string of the molecule is COCOc1c(Cl)cccc1N1C2CCC1CN(C(=O)c1ccc(F)cc1Cl)C2. The van der Waals surface area contributed by atoms with Gasteiger partial charge in [-0.1, -0.05) is 29.3 Å². The van der Waals surface area contributed by atoms with Crippen LogP contribution in [0.15, 0.2) is 36.4 Å². The minimum Gasteiger partial charge on any atom is -0.464 e. The van der Waals surface area contributed by atoms with E-state index >= 15 is 0 Å². The van der Waals surface area contributed by atoms with Gasteiger partial charge in [0.05, 0.1) is 21.3 Å². The Kier molecular flexibility index (Phi) is 5.86. The summed E-state index contributed by atoms with van der Waals surface area (Å²) in [5.74, 6) is -0.0382. The molecule has 8 heteroatoms. The van der Waals surface area contributed by atoms with Crippen molar-refractivity contribution >= 4 is 34.8 Å². The Labute approximate surface area is 178 Å². The lowest BCUT2D eigenvalue weighted by Gasteiger charge is -2.43. The molecule has 0 saturated carbocycles. The van der Waals surface area contributed by atoms with Crippen LogP contribution in [0.25, 0.3) is 0 Å². The van der Waals surface area contributed by atoms with E-state index in [2.05, 4.69) is 4.90 Å². The molecule has 2 atom stereocenters. The number of nitrogens with zero attached hydrogens (tertiary/aromatic N) is 2. The number of para-hydroxylation sites is 1. The average molecular weight is 439 g/mol. The van der Waals surface area contributed by atoms with Crippen molar-refractivity contribution in [2.75, 3.05) is 31.9 Å². The summed E-state index contributed by atoms with van der Waals surface area (Å²) < 4.78 is 24.1. The maximum Gasteiger partial charge on any atom is 0.255 e. The number of hydrogen-bond acceptors (Lipinski definition) is 4. The van der Waals surface area contributed by atoms with Gasteiger partial charge in [0.1, 0.15) is 5.82 Å². The summed E-state index contributed by atoms with van der Waals surface area (Å²) in [5.41, 5.74) is 1.24. The molecule has 2 aliphatic heterocycles. The second kappa shape index (κ2) is 8.38. The second-order valence-corrected chi connectivity index (χ2v) is 8.08. The molecule has 2 unspecified atom stereocenters. The summed E-state index contributed by atoms with van der Waals surface area (Å²) in [6.07, 6.45) is 1.92. The molecule has 0 spiro atoms. The van der Waals surface area contributed by atoms with Crippen LogP contribution < -0.4 is 9.64 Å². The van der Waals surface area contributed by atoms with Crippen LogP contribution in [0.2, 0.25) is 10.0 Å². The van der Waals surface area contributed by atoms with Crippen molar-refractivity contribution in [3.05, 3.63) is 57.8 Å². The zero-order valence-electron chi connectivity index (χ0n) is 15.9. The van der Waals surface area contributed by atoms with E-state index in [0.717, 1.165) is 18.5 Å². The number of hydrogen-bond donors (Lipinski definition) is 0. The lowest BCUT2D eigenvalue weighted by molar-refractivity contribution is 0.0512. The van der Waals surface area contributed by atoms with E-state index in [4.69, 9.17) is 32.7 Å². The molecule has 5 nitrogen and oxygen atoms in total. The summed E-state index contributed by atoms with van der Waals surface area (Å²) in [5, 5.41) is 0.658. The van der Waals surface area contributed by atoms with Crippen LogP contribution in [0.5, 0.6) is 5.75 Å². The van der Waals surface area contributed by atoms with E-state index < -0.39 is 5.82 Å². The summed E-state index contributed by atoms with van der Waals surface area (Å²) in [4.78, 5) is 17.1. The number of amides is 1. The normalized spacial score (nSPS) is 20.8. The fourth-order valence-electron chi connectivity index (χ4n) is 4.26. The predicted molar refractivity (Wildman–Crippen MR) is 111 cm³/mol. The van der Waals surface area contributed by atoms with Gasteiger partial charge in [0.25, 0.3) is 5.91 Å². The molecule has 2 heterocycles. The number of methoxy groups -OCH3 is 1. The third kappa shape index (κ3) is 3.89. The van der Waals surface area contributed by atoms with Crippen molar-refractivity contribution in [1.82, 2.24) is 4.90 Å². The van der Waals surface area contributed by atoms with Crippen molar-refractivity contribution in [2.24, 2.45) is 0 Å². The number of rotatable bonds is 5. The maximum absolute atomic E-state index is 13.3. The van der Waals surface area contributed by atoms with Crippen molar-refractivity contribution in [2.45, 2.75) is 24.9 Å². The minimum absolute atomic E-state index is 0.105. The molecule has 1 amide bonds. The highest BCUT2D eigenvalue weighted by Gasteiger charge is 2.43. The first-order chi connectivity index (χ1) is 14.0. The van der Waals surface area contributed by atoms with E-state index in [9.17, 15) is 9.18 Å². The number of likely N-dealkylation sites (tertiary alicyclic amines) is 1. The first kappa shape index (κ1) is 20.3. The number of piperazine rings is 1. The number of benzene rings is 2. The van der Waals surface area contributed by atoms with Crippen molar-refractivity contribution in [3.63, 3.8) is 0 Å². The number of ether oxygens (including phenoxy) is 2. The topological polar surface area (TPSA) is 42.0 Å². The molecular weight excluding hydrogens is 418 g/mol. The molecule has 2 fully saturated rings. The molecule has 4 rings (SSSR count). The third-order valence-electron chi connectivity index (χ3n) is 5.48. The van der Waals surface area contributed by atoms with Gasteiger partial charge < -0.3 is 19.3 Å². The van der Waals surface area contributed by atoms with Crippen LogP contribution in [0.3, 0.4) is 0 Å². The number of carbonyl (C=O) groups is 1. The molecule has 0 radical (unpaired) electrons. The van der Waals surface area contributed by atoms with E-state index in [0.29, 0.717) is 29.4 Å². The largest absolute Gasteiger partial charge is 0.464 e. The Hall–Kier alpha value is -2.02. The van der Waals surface area contributed by atoms with E-state index in [1.54, 1.807) is 18.1 Å². The summed E-state index contributed by atoms with van der Waals surface area (Å²) in [7, 11) is 1.56. The van der Waals surface area contributed by atoms with Crippen molar-refractivity contribution < 1.29 is 18.7 Å². The highest BCUT2D eigenvalue weighted by molar-refractivity contribution is 6.34. The number of carbonyl (C=O) groups excluding carboxylic acids is 1. The average Bonchev–Trinajstić information content (AvgIpc) is 2.95. The molecular formula is C21H21Cl2FN2O3. The molecule has 2 aliphatic rings. The van der Waals surface area contributed by atoms with Gasteiger partial charge in [-0.05, 0) is 43.2 Å². The Bertz CT molecular complexity index is 913. The maximum atomic E-state index is 13.3. The fraction of sp³-hybridized carbons (Fsp3) is 0.381. The molecule has 154 valence electrons. The van der Waals surface area contributed by atoms with E-state index in [-0.39, 0.29) is 29.8 Å². The predicted octanol–water partition coefficient (Wildman–Crippen LogP) is 4.61. The Morgan fingerprint density at radius 2 is 1.86 bits per heavy atom. The summed E-state index contributed by atoms with van der Waals surface area (Å²) in [6.45, 7) is 1.21. The van der Waals surface area contributed by atoms with Crippen LogP contribution in [-0.2, 0) is 4.74 Å². The van der Waals surface area contributed by atoms with Gasteiger partial charge in [-0.25, -0.2) is 4.39 Å². The fourth-order valence-corrected chi connectivity index (χ4v) is 4.73. The highest BCUT2D eigenvalue weighted by Crippen LogP contribution is 2.43. The Balaban J connectivity index is 1.57. The molecule has 2 aromatic carbocycles. The van der Waals surface area contributed by atoms with Gasteiger partial charge in [-0.15, -0.1) is 0 Å². The zero-order valence-corrected chi connectivity index (χ0v) is 17.4. The smallest absolute Gasteiger partial charge is 0.255 e. The number of halogens is 3. The van der Waals surface area contributed by atoms with Crippen LogP contribution in [0.4, 0.5) is 10.1 Å². The molecule has 2 saturated heterocycles. The number of fused-ring (bicyclic) bond motifs is 2. The van der Waals surface area contributed by atoms with Gasteiger partial charge in [0.2, 0.25) is 0 Å². The first-order valence-electron chi connectivity index (χ1n) is 9.42. The number of anilines is 1. The summed E-state index contributed by atoms with van der Waals surface area (Å²) >= 11 is 12.5. The van der Waals surface area contributed by atoms with E-state index in [1.165, 1.54) is 18.2 Å². The van der Waals surface area contributed by atoms with Gasteiger partial charge in [0.15, 0.2) is 12.5 Å². The monoisotopic (exact) mass is 438 g/mol. The van der Waals surface area contributed by atoms with Gasteiger partial charge in [-0.3, -0.25) is 4.79 Å². The molecule has 0 N–H and O–H groups in total. The van der Waals surface area contributed by atoms with Crippen LogP contribution in [-0.4, -0.2) is 49.9 Å². The summed E-state index contributed by atoms with van der Waals surface area (Å²) in [6, 6.07) is 9.82. The van der Waals surface area contributed by atoms with Gasteiger partial charge in [0, 0.05) is 32.3 Å². The molecule has 29 heavy (non-hydrogen) atoms. The zero-order chi connectivity index (χ0) is 20.5. The quantitative estimate of drug-likeness (QED) is 0.639. The van der Waals surface area contributed by atoms with Crippen LogP contribution in [0, 0.1) is 5.82 Å². The van der Waals surface area contributed by atoms with Gasteiger partial charge >= 0.3 is 0 Å². The molecule has 2 bridgehead atoms. The van der Waals surface area contributed by atoms with Crippen molar-refractivity contribution in [3.8, 4) is 5.75 Å². The first-order valence-corrected chi connectivity index (χ1v) is 10.2. The second-order valence-electron chi connectivity index (χ2n) is 7.27. The van der Waals surface area contributed by atoms with Crippen molar-refractivity contribution in [1.29, 1.82) is 0 Å². The lowest BCUT2D eigenvalue weighted by atomic mass is 10.1. The molecule has 2 aromatic rings.